The van der Waals surface area contributed by atoms with Gasteiger partial charge in [0.15, 0.2) is 0 Å². The van der Waals surface area contributed by atoms with E-state index in [-0.39, 0.29) is 0 Å². The molecule has 0 atom stereocenters. The summed E-state index contributed by atoms with van der Waals surface area (Å²) in [4.78, 5) is 0. The number of para-hydroxylation sites is 1. The van der Waals surface area contributed by atoms with Gasteiger partial charge < -0.3 is 11.1 Å². The smallest absolute Gasteiger partial charge is 0.385 e. The zero-order valence-corrected chi connectivity index (χ0v) is 13.4. The molecule has 0 spiro atoms. The first-order valence-corrected chi connectivity index (χ1v) is 7.56. The van der Waals surface area contributed by atoms with E-state index in [9.17, 15) is 13.2 Å². The lowest BCUT2D eigenvalue weighted by Gasteiger charge is -2.14. The number of hydrogen-bond donors (Lipinski definition) is 2. The van der Waals surface area contributed by atoms with Crippen molar-refractivity contribution >= 4 is 27.2 Å². The molecular formula is C17H12BrF3N2. The minimum Gasteiger partial charge on any atom is -0.385 e. The largest absolute Gasteiger partial charge is 0.416 e. The van der Waals surface area contributed by atoms with Crippen molar-refractivity contribution in [3.8, 4) is 0 Å². The molecule has 2 nitrogen and oxygen atoms in total. The number of anilines is 1. The quantitative estimate of drug-likeness (QED) is 0.723. The minimum atomic E-state index is -4.35. The van der Waals surface area contributed by atoms with E-state index in [1.165, 1.54) is 12.1 Å². The monoisotopic (exact) mass is 380 g/mol. The summed E-state index contributed by atoms with van der Waals surface area (Å²) >= 11 is 3.47. The number of nitrogens with two attached hydrogens (primary N) is 1. The number of benzene rings is 2. The maximum Gasteiger partial charge on any atom is 0.416 e. The summed E-state index contributed by atoms with van der Waals surface area (Å²) in [5.74, 6) is 0.450. The molecule has 2 aromatic rings. The van der Waals surface area contributed by atoms with Crippen molar-refractivity contribution in [2.75, 3.05) is 5.32 Å². The molecule has 0 aromatic heterocycles. The van der Waals surface area contributed by atoms with E-state index in [4.69, 9.17) is 5.73 Å². The fourth-order valence-corrected chi connectivity index (χ4v) is 3.15. The second kappa shape index (κ2) is 5.77. The highest BCUT2D eigenvalue weighted by molar-refractivity contribution is 9.12. The van der Waals surface area contributed by atoms with Crippen molar-refractivity contribution in [2.24, 2.45) is 5.73 Å². The molecule has 3 N–H and O–H groups in total. The third kappa shape index (κ3) is 3.12. The fourth-order valence-electron chi connectivity index (χ4n) is 2.46. The lowest BCUT2D eigenvalue weighted by molar-refractivity contribution is -0.137. The normalized spacial score (nSPS) is 14.7. The first-order valence-electron chi connectivity index (χ1n) is 6.77. The molecule has 118 valence electrons. The van der Waals surface area contributed by atoms with E-state index in [1.54, 1.807) is 6.08 Å². The highest BCUT2D eigenvalue weighted by atomic mass is 79.9. The Balaban J connectivity index is 2.16. The Bertz CT molecular complexity index is 805. The number of hydrogen-bond acceptors (Lipinski definition) is 2. The van der Waals surface area contributed by atoms with Gasteiger partial charge >= 0.3 is 6.18 Å². The number of allylic oxidation sites excluding steroid dienone is 2. The van der Waals surface area contributed by atoms with Crippen LogP contribution in [0.5, 0.6) is 0 Å². The van der Waals surface area contributed by atoms with E-state index >= 15 is 0 Å². The first kappa shape index (κ1) is 15.7. The Hall–Kier alpha value is -2.21. The van der Waals surface area contributed by atoms with Gasteiger partial charge in [-0.15, -0.1) is 0 Å². The van der Waals surface area contributed by atoms with Crippen LogP contribution in [0.3, 0.4) is 0 Å². The molecule has 1 aliphatic heterocycles. The van der Waals surface area contributed by atoms with Crippen LogP contribution in [-0.2, 0) is 6.18 Å². The summed E-state index contributed by atoms with van der Waals surface area (Å²) in [7, 11) is 0. The summed E-state index contributed by atoms with van der Waals surface area (Å²) in [5, 5.41) is 3.08. The van der Waals surface area contributed by atoms with Gasteiger partial charge in [0.25, 0.3) is 0 Å². The van der Waals surface area contributed by atoms with Crippen LogP contribution in [0.4, 0.5) is 18.9 Å². The van der Waals surface area contributed by atoms with Crippen molar-refractivity contribution < 1.29 is 13.2 Å². The molecule has 23 heavy (non-hydrogen) atoms. The molecule has 2 aromatic carbocycles. The summed E-state index contributed by atoms with van der Waals surface area (Å²) < 4.78 is 38.9. The van der Waals surface area contributed by atoms with Crippen LogP contribution in [0.1, 0.15) is 16.7 Å². The SMILES string of the molecule is NC1=CC(Br)=C(c2ccc(C(F)(F)F)cc2)c2ccccc2N1. The van der Waals surface area contributed by atoms with Crippen molar-refractivity contribution in [2.45, 2.75) is 6.18 Å². The predicted molar refractivity (Wildman–Crippen MR) is 88.7 cm³/mol. The van der Waals surface area contributed by atoms with Crippen LogP contribution in [0, 0.1) is 0 Å². The van der Waals surface area contributed by atoms with Crippen LogP contribution in [-0.4, -0.2) is 0 Å². The Morgan fingerprint density at radius 2 is 1.61 bits per heavy atom. The van der Waals surface area contributed by atoms with Crippen molar-refractivity contribution in [1.82, 2.24) is 0 Å². The highest BCUT2D eigenvalue weighted by Gasteiger charge is 2.30. The topological polar surface area (TPSA) is 38.0 Å². The van der Waals surface area contributed by atoms with Crippen LogP contribution in [0.15, 0.2) is 64.9 Å². The maximum atomic E-state index is 12.7. The third-order valence-corrected chi connectivity index (χ3v) is 4.12. The highest BCUT2D eigenvalue weighted by Crippen LogP contribution is 2.38. The Kier molecular flexibility index (Phi) is 3.93. The van der Waals surface area contributed by atoms with Crippen molar-refractivity contribution in [3.63, 3.8) is 0 Å². The third-order valence-electron chi connectivity index (χ3n) is 3.50. The molecule has 1 aliphatic rings. The van der Waals surface area contributed by atoms with E-state index in [0.29, 0.717) is 15.9 Å². The molecule has 0 saturated carbocycles. The maximum absolute atomic E-state index is 12.7. The van der Waals surface area contributed by atoms with Gasteiger partial charge in [0.2, 0.25) is 0 Å². The van der Waals surface area contributed by atoms with Crippen LogP contribution >= 0.6 is 15.9 Å². The summed E-state index contributed by atoms with van der Waals surface area (Å²) in [6, 6.07) is 12.6. The average molecular weight is 381 g/mol. The Morgan fingerprint density at radius 3 is 2.26 bits per heavy atom. The van der Waals surface area contributed by atoms with Crippen LogP contribution in [0.2, 0.25) is 0 Å². The first-order chi connectivity index (χ1) is 10.9. The molecule has 0 saturated heterocycles. The molecule has 0 amide bonds. The van der Waals surface area contributed by atoms with E-state index in [0.717, 1.165) is 29.0 Å². The minimum absolute atomic E-state index is 0.450. The second-order valence-electron chi connectivity index (χ2n) is 5.07. The van der Waals surface area contributed by atoms with Crippen LogP contribution in [0.25, 0.3) is 5.57 Å². The molecule has 3 rings (SSSR count). The summed E-state index contributed by atoms with van der Waals surface area (Å²) in [5.41, 5.74) is 8.33. The van der Waals surface area contributed by atoms with E-state index < -0.39 is 11.7 Å². The molecular weight excluding hydrogens is 369 g/mol. The summed E-state index contributed by atoms with van der Waals surface area (Å²) in [6.07, 6.45) is -2.65. The summed E-state index contributed by atoms with van der Waals surface area (Å²) in [6.45, 7) is 0. The standard InChI is InChI=1S/C17H12BrF3N2/c18-13-9-15(22)23-14-4-2-1-3-12(14)16(13)10-5-7-11(8-6-10)17(19,20)21/h1-9,23H,22H2. The van der Waals surface area contributed by atoms with Gasteiger partial charge in [0.1, 0.15) is 5.82 Å². The van der Waals surface area contributed by atoms with Gasteiger partial charge in [-0.05, 0) is 45.8 Å². The van der Waals surface area contributed by atoms with Crippen molar-refractivity contribution in [3.05, 3.63) is 81.6 Å². The van der Waals surface area contributed by atoms with Crippen LogP contribution < -0.4 is 11.1 Å². The molecule has 0 bridgehead atoms. The fraction of sp³-hybridized carbons (Fsp3) is 0.0588. The average Bonchev–Trinajstić information content (AvgIpc) is 2.61. The van der Waals surface area contributed by atoms with Gasteiger partial charge in [-0.25, -0.2) is 0 Å². The zero-order chi connectivity index (χ0) is 16.6. The predicted octanol–water partition coefficient (Wildman–Crippen LogP) is 5.09. The lowest BCUT2D eigenvalue weighted by Crippen LogP contribution is -2.08. The number of nitrogens with one attached hydrogen (secondary N) is 1. The molecule has 0 fully saturated rings. The number of fused-ring (bicyclic) bond motifs is 1. The number of rotatable bonds is 1. The second-order valence-corrected chi connectivity index (χ2v) is 5.92. The zero-order valence-electron chi connectivity index (χ0n) is 11.8. The number of halogens is 4. The molecule has 0 unspecified atom stereocenters. The Morgan fingerprint density at radius 1 is 0.957 bits per heavy atom. The molecule has 6 heteroatoms. The molecule has 0 radical (unpaired) electrons. The van der Waals surface area contributed by atoms with Gasteiger partial charge in [0.05, 0.1) is 5.56 Å². The number of alkyl halides is 3. The van der Waals surface area contributed by atoms with E-state index in [2.05, 4.69) is 21.2 Å². The molecule has 1 heterocycles. The molecule has 0 aliphatic carbocycles. The Labute approximate surface area is 139 Å². The van der Waals surface area contributed by atoms with E-state index in [1.807, 2.05) is 24.3 Å². The lowest BCUT2D eigenvalue weighted by atomic mass is 9.95. The van der Waals surface area contributed by atoms with Gasteiger partial charge in [-0.3, -0.25) is 0 Å². The van der Waals surface area contributed by atoms with Crippen molar-refractivity contribution in [1.29, 1.82) is 0 Å². The van der Waals surface area contributed by atoms with Gasteiger partial charge in [0, 0.05) is 21.3 Å². The van der Waals surface area contributed by atoms with Gasteiger partial charge in [-0.1, -0.05) is 30.3 Å². The van der Waals surface area contributed by atoms with Gasteiger partial charge in [-0.2, -0.15) is 13.2 Å².